The maximum absolute atomic E-state index is 11.2. The van der Waals surface area contributed by atoms with Crippen molar-refractivity contribution in [3.05, 3.63) is 32.8 Å². The van der Waals surface area contributed by atoms with Crippen molar-refractivity contribution in [1.82, 2.24) is 4.90 Å². The van der Waals surface area contributed by atoms with E-state index < -0.39 is 5.60 Å². The Bertz CT molecular complexity index is 523. The molecule has 1 heterocycles. The number of nitrogens with zero attached hydrogens (tertiary/aromatic N) is 3. The van der Waals surface area contributed by atoms with Gasteiger partial charge in [0.1, 0.15) is 5.69 Å². The van der Waals surface area contributed by atoms with Gasteiger partial charge < -0.3 is 10.0 Å². The van der Waals surface area contributed by atoms with Crippen LogP contribution in [0.1, 0.15) is 13.8 Å². The summed E-state index contributed by atoms with van der Waals surface area (Å²) in [6, 6.07) is 5.15. The molecule has 1 aliphatic heterocycles. The van der Waals surface area contributed by atoms with Gasteiger partial charge in [0.15, 0.2) is 0 Å². The topological polar surface area (TPSA) is 69.8 Å². The Kier molecular flexibility index (Phi) is 4.85. The number of benzene rings is 1. The Balaban J connectivity index is 2.07. The van der Waals surface area contributed by atoms with Crippen molar-refractivity contribution in [3.8, 4) is 0 Å². The molecular weight excluding hydrogens is 338 g/mol. The van der Waals surface area contributed by atoms with Crippen molar-refractivity contribution in [2.24, 2.45) is 0 Å². The highest BCUT2D eigenvalue weighted by Gasteiger charge is 2.26. The molecule has 0 aliphatic carbocycles. The van der Waals surface area contributed by atoms with Gasteiger partial charge in [0, 0.05) is 43.3 Å². The third kappa shape index (κ3) is 4.39. The minimum atomic E-state index is -0.716. The number of hydrogen-bond acceptors (Lipinski definition) is 5. The third-order valence-corrected chi connectivity index (χ3v) is 3.95. The smallest absolute Gasteiger partial charge is 0.293 e. The molecule has 0 amide bonds. The number of anilines is 1. The molecule has 6 nitrogen and oxygen atoms in total. The second-order valence-corrected chi connectivity index (χ2v) is 6.88. The number of nitro benzene ring substituents is 1. The van der Waals surface area contributed by atoms with E-state index in [4.69, 9.17) is 0 Å². The summed E-state index contributed by atoms with van der Waals surface area (Å²) >= 11 is 3.27. The SMILES string of the molecule is CC(C)(O)CN1CCN(c2ccc(Br)cc2[N+](=O)[O-])CC1. The van der Waals surface area contributed by atoms with E-state index in [1.165, 1.54) is 0 Å². The molecule has 1 saturated heterocycles. The van der Waals surface area contributed by atoms with Gasteiger partial charge in [-0.15, -0.1) is 0 Å². The van der Waals surface area contributed by atoms with Crippen molar-refractivity contribution in [3.63, 3.8) is 0 Å². The van der Waals surface area contributed by atoms with Crippen LogP contribution in [0.15, 0.2) is 22.7 Å². The van der Waals surface area contributed by atoms with Crippen LogP contribution < -0.4 is 4.90 Å². The molecule has 0 atom stereocenters. The first kappa shape index (κ1) is 16.2. The fourth-order valence-corrected chi connectivity index (χ4v) is 2.95. The minimum absolute atomic E-state index is 0.125. The fourth-order valence-electron chi connectivity index (χ4n) is 2.60. The Morgan fingerprint density at radius 2 is 1.95 bits per heavy atom. The number of nitro groups is 1. The van der Waals surface area contributed by atoms with Gasteiger partial charge in [0.25, 0.3) is 5.69 Å². The Labute approximate surface area is 132 Å². The molecule has 1 fully saturated rings. The molecular formula is C14H20BrN3O3. The average molecular weight is 358 g/mol. The summed E-state index contributed by atoms with van der Waals surface area (Å²) in [5, 5.41) is 21.0. The summed E-state index contributed by atoms with van der Waals surface area (Å²) in [5.74, 6) is 0. The standard InChI is InChI=1S/C14H20BrN3O3/c1-14(2,19)10-16-5-7-17(8-6-16)12-4-3-11(15)9-13(12)18(20)21/h3-4,9,19H,5-8,10H2,1-2H3. The molecule has 2 rings (SSSR count). The van der Waals surface area contributed by atoms with Gasteiger partial charge >= 0.3 is 0 Å². The molecule has 1 N–H and O–H groups in total. The predicted octanol–water partition coefficient (Wildman–Crippen LogP) is 2.25. The van der Waals surface area contributed by atoms with E-state index >= 15 is 0 Å². The van der Waals surface area contributed by atoms with Crippen LogP contribution in [0.5, 0.6) is 0 Å². The Hall–Kier alpha value is -1.18. The van der Waals surface area contributed by atoms with Crippen molar-refractivity contribution in [2.45, 2.75) is 19.4 Å². The van der Waals surface area contributed by atoms with E-state index in [9.17, 15) is 15.2 Å². The van der Waals surface area contributed by atoms with Crippen LogP contribution in [0.4, 0.5) is 11.4 Å². The number of halogens is 1. The molecule has 0 radical (unpaired) electrons. The number of β-amino-alcohol motifs (C(OH)–C–C–N with tert-alkyl or cyclic N) is 1. The van der Waals surface area contributed by atoms with Gasteiger partial charge in [0.2, 0.25) is 0 Å². The number of piperazine rings is 1. The zero-order valence-electron chi connectivity index (χ0n) is 12.3. The van der Waals surface area contributed by atoms with Gasteiger partial charge in [-0.1, -0.05) is 15.9 Å². The maximum atomic E-state index is 11.2. The van der Waals surface area contributed by atoms with Gasteiger partial charge in [-0.05, 0) is 26.0 Å². The third-order valence-electron chi connectivity index (χ3n) is 3.46. The van der Waals surface area contributed by atoms with E-state index in [1.54, 1.807) is 26.0 Å². The average Bonchev–Trinajstić information content (AvgIpc) is 2.38. The molecule has 0 aromatic heterocycles. The first-order chi connectivity index (χ1) is 9.76. The van der Waals surface area contributed by atoms with Crippen molar-refractivity contribution < 1.29 is 10.0 Å². The van der Waals surface area contributed by atoms with Gasteiger partial charge in [-0.25, -0.2) is 0 Å². The van der Waals surface area contributed by atoms with Crippen molar-refractivity contribution >= 4 is 27.3 Å². The number of hydrogen-bond donors (Lipinski definition) is 1. The first-order valence-electron chi connectivity index (χ1n) is 6.90. The molecule has 1 aromatic carbocycles. The highest BCUT2D eigenvalue weighted by Crippen LogP contribution is 2.31. The predicted molar refractivity (Wildman–Crippen MR) is 85.7 cm³/mol. The quantitative estimate of drug-likeness (QED) is 0.660. The Morgan fingerprint density at radius 3 is 2.48 bits per heavy atom. The van der Waals surface area contributed by atoms with E-state index in [2.05, 4.69) is 20.8 Å². The van der Waals surface area contributed by atoms with E-state index in [-0.39, 0.29) is 10.6 Å². The highest BCUT2D eigenvalue weighted by molar-refractivity contribution is 9.10. The molecule has 1 aromatic rings. The molecule has 0 unspecified atom stereocenters. The van der Waals surface area contributed by atoms with E-state index in [1.807, 2.05) is 11.0 Å². The van der Waals surface area contributed by atoms with Crippen LogP contribution in [-0.2, 0) is 0 Å². The van der Waals surface area contributed by atoms with Crippen LogP contribution in [0, 0.1) is 10.1 Å². The lowest BCUT2D eigenvalue weighted by Gasteiger charge is -2.38. The van der Waals surface area contributed by atoms with Crippen LogP contribution >= 0.6 is 15.9 Å². The first-order valence-corrected chi connectivity index (χ1v) is 7.69. The van der Waals surface area contributed by atoms with Crippen molar-refractivity contribution in [2.75, 3.05) is 37.6 Å². The lowest BCUT2D eigenvalue weighted by molar-refractivity contribution is -0.384. The number of aliphatic hydroxyl groups is 1. The van der Waals surface area contributed by atoms with Crippen LogP contribution in [0.25, 0.3) is 0 Å². The molecule has 1 aliphatic rings. The molecule has 0 saturated carbocycles. The summed E-state index contributed by atoms with van der Waals surface area (Å²) in [6.45, 7) is 7.21. The summed E-state index contributed by atoms with van der Waals surface area (Å²) in [5.41, 5.74) is 0.0672. The van der Waals surface area contributed by atoms with Crippen molar-refractivity contribution in [1.29, 1.82) is 0 Å². The number of rotatable bonds is 4. The molecule has 0 bridgehead atoms. The van der Waals surface area contributed by atoms with Crippen LogP contribution in [-0.4, -0.2) is 53.3 Å². The van der Waals surface area contributed by atoms with Gasteiger partial charge in [-0.3, -0.25) is 15.0 Å². The fraction of sp³-hybridized carbons (Fsp3) is 0.571. The summed E-state index contributed by atoms with van der Waals surface area (Å²) in [6.07, 6.45) is 0. The van der Waals surface area contributed by atoms with Crippen LogP contribution in [0.2, 0.25) is 0 Å². The lowest BCUT2D eigenvalue weighted by atomic mass is 10.1. The second-order valence-electron chi connectivity index (χ2n) is 5.97. The monoisotopic (exact) mass is 357 g/mol. The highest BCUT2D eigenvalue weighted by atomic mass is 79.9. The summed E-state index contributed by atoms with van der Waals surface area (Å²) in [4.78, 5) is 15.1. The molecule has 0 spiro atoms. The zero-order valence-corrected chi connectivity index (χ0v) is 13.8. The normalized spacial score (nSPS) is 17.0. The second kappa shape index (κ2) is 6.29. The Morgan fingerprint density at radius 1 is 1.33 bits per heavy atom. The molecule has 21 heavy (non-hydrogen) atoms. The zero-order chi connectivity index (χ0) is 15.6. The molecule has 7 heteroatoms. The summed E-state index contributed by atoms with van der Waals surface area (Å²) in [7, 11) is 0. The van der Waals surface area contributed by atoms with Gasteiger partial charge in [0.05, 0.1) is 10.5 Å². The van der Waals surface area contributed by atoms with Gasteiger partial charge in [-0.2, -0.15) is 0 Å². The van der Waals surface area contributed by atoms with E-state index in [0.29, 0.717) is 16.7 Å². The van der Waals surface area contributed by atoms with Crippen LogP contribution in [0.3, 0.4) is 0 Å². The van der Waals surface area contributed by atoms with E-state index in [0.717, 1.165) is 26.2 Å². The minimum Gasteiger partial charge on any atom is -0.389 e. The largest absolute Gasteiger partial charge is 0.389 e. The maximum Gasteiger partial charge on any atom is 0.293 e. The lowest BCUT2D eigenvalue weighted by Crippen LogP contribution is -2.50. The molecule has 116 valence electrons. The summed E-state index contributed by atoms with van der Waals surface area (Å²) < 4.78 is 0.707.